The molecule has 0 aliphatic carbocycles. The van der Waals surface area contributed by atoms with Crippen LogP contribution in [0.2, 0.25) is 0 Å². The molecule has 2 aromatic carbocycles. The summed E-state index contributed by atoms with van der Waals surface area (Å²) in [5.74, 6) is 1.27. The zero-order valence-electron chi connectivity index (χ0n) is 13.3. The van der Waals surface area contributed by atoms with Crippen molar-refractivity contribution in [1.82, 2.24) is 0 Å². The van der Waals surface area contributed by atoms with E-state index in [9.17, 15) is 20.2 Å². The molecule has 25 heavy (non-hydrogen) atoms. The Kier molecular flexibility index (Phi) is 4.38. The Morgan fingerprint density at radius 2 is 1.84 bits per heavy atom. The van der Waals surface area contributed by atoms with Gasteiger partial charge in [-0.05, 0) is 18.2 Å². The third kappa shape index (κ3) is 3.44. The molecule has 0 saturated heterocycles. The molecule has 9 nitrogen and oxygen atoms in total. The molecule has 130 valence electrons. The second-order valence-corrected chi connectivity index (χ2v) is 5.57. The fraction of sp³-hybridized carbons (Fsp3) is 0.250. The molecular weight excluding hydrogens is 330 g/mol. The number of fused-ring (bicyclic) bond motifs is 1. The molecule has 1 heterocycles. The topological polar surface area (TPSA) is 108 Å². The summed E-state index contributed by atoms with van der Waals surface area (Å²) in [6, 6.07) is 10.8. The number of anilines is 1. The number of nitrogens with zero attached hydrogens (tertiary/aromatic N) is 3. The van der Waals surface area contributed by atoms with Crippen molar-refractivity contribution in [3.8, 4) is 11.5 Å². The zero-order chi connectivity index (χ0) is 18.0. The first-order valence-electron chi connectivity index (χ1n) is 7.48. The van der Waals surface area contributed by atoms with Gasteiger partial charge in [0.15, 0.2) is 17.6 Å². The first-order valence-corrected chi connectivity index (χ1v) is 7.48. The van der Waals surface area contributed by atoms with E-state index in [1.807, 2.05) is 12.1 Å². The molecule has 0 amide bonds. The number of nitro groups is 2. The van der Waals surface area contributed by atoms with Crippen LogP contribution in [0, 0.1) is 20.2 Å². The van der Waals surface area contributed by atoms with E-state index in [2.05, 4.69) is 0 Å². The number of non-ortho nitro benzene ring substituents is 1. The normalized spacial score (nSPS) is 15.5. The Morgan fingerprint density at radius 3 is 2.52 bits per heavy atom. The molecule has 0 radical (unpaired) electrons. The van der Waals surface area contributed by atoms with Gasteiger partial charge in [0.1, 0.15) is 12.3 Å². The lowest BCUT2D eigenvalue weighted by atomic mass is 10.2. The van der Waals surface area contributed by atoms with Crippen molar-refractivity contribution in [1.29, 1.82) is 0 Å². The maximum absolute atomic E-state index is 11.3. The third-order valence-electron chi connectivity index (χ3n) is 3.82. The molecule has 1 atom stereocenters. The molecule has 0 bridgehead atoms. The highest BCUT2D eigenvalue weighted by atomic mass is 16.6. The Balaban J connectivity index is 1.79. The lowest BCUT2D eigenvalue weighted by Crippen LogP contribution is -2.39. The van der Waals surface area contributed by atoms with Crippen molar-refractivity contribution in [3.05, 3.63) is 62.7 Å². The Bertz CT molecular complexity index is 825. The van der Waals surface area contributed by atoms with E-state index in [4.69, 9.17) is 9.47 Å². The van der Waals surface area contributed by atoms with Gasteiger partial charge >= 0.3 is 0 Å². The summed E-state index contributed by atoms with van der Waals surface area (Å²) in [7, 11) is 1.66. The van der Waals surface area contributed by atoms with E-state index in [-0.39, 0.29) is 23.2 Å². The minimum atomic E-state index is -0.661. The van der Waals surface area contributed by atoms with Crippen LogP contribution in [0.1, 0.15) is 0 Å². The highest BCUT2D eigenvalue weighted by Crippen LogP contribution is 2.34. The highest BCUT2D eigenvalue weighted by molar-refractivity contribution is 5.66. The van der Waals surface area contributed by atoms with Crippen molar-refractivity contribution >= 4 is 17.1 Å². The van der Waals surface area contributed by atoms with E-state index in [1.165, 1.54) is 12.1 Å². The fourth-order valence-electron chi connectivity index (χ4n) is 2.65. The summed E-state index contributed by atoms with van der Waals surface area (Å²) in [6.45, 7) is 0.634. The van der Waals surface area contributed by atoms with Gasteiger partial charge in [-0.2, -0.15) is 0 Å². The van der Waals surface area contributed by atoms with E-state index in [0.29, 0.717) is 24.7 Å². The van der Waals surface area contributed by atoms with Crippen LogP contribution in [0.5, 0.6) is 11.5 Å². The lowest BCUT2D eigenvalue weighted by Gasteiger charge is -2.30. The highest BCUT2D eigenvalue weighted by Gasteiger charge is 2.26. The van der Waals surface area contributed by atoms with Gasteiger partial charge in [-0.25, -0.2) is 0 Å². The maximum Gasteiger partial charge on any atom is 0.299 e. The molecule has 0 N–H and O–H groups in total. The summed E-state index contributed by atoms with van der Waals surface area (Å²) in [5.41, 5.74) is -0.373. The van der Waals surface area contributed by atoms with Crippen molar-refractivity contribution in [2.24, 2.45) is 0 Å². The predicted octanol–water partition coefficient (Wildman–Crippen LogP) is 2.78. The summed E-state index contributed by atoms with van der Waals surface area (Å²) >= 11 is 0. The molecule has 0 fully saturated rings. The van der Waals surface area contributed by atoms with Crippen LogP contribution in [0.25, 0.3) is 0 Å². The molecule has 2 aromatic rings. The van der Waals surface area contributed by atoms with Gasteiger partial charge < -0.3 is 14.4 Å². The number of hydrogen-bond donors (Lipinski definition) is 0. The van der Waals surface area contributed by atoms with Crippen LogP contribution < -0.4 is 14.4 Å². The number of para-hydroxylation sites is 2. The van der Waals surface area contributed by atoms with E-state index >= 15 is 0 Å². The number of ether oxygens (including phenoxy) is 2. The van der Waals surface area contributed by atoms with Gasteiger partial charge in [-0.1, -0.05) is 12.1 Å². The van der Waals surface area contributed by atoms with E-state index in [1.54, 1.807) is 24.1 Å². The average molecular weight is 345 g/mol. The van der Waals surface area contributed by atoms with E-state index in [0.717, 1.165) is 6.07 Å². The van der Waals surface area contributed by atoms with Gasteiger partial charge in [-0.3, -0.25) is 20.2 Å². The molecule has 1 aliphatic heterocycles. The molecule has 0 spiro atoms. The number of benzene rings is 2. The molecule has 1 aliphatic rings. The first kappa shape index (κ1) is 16.5. The van der Waals surface area contributed by atoms with Crippen molar-refractivity contribution in [2.45, 2.75) is 6.10 Å². The summed E-state index contributed by atoms with van der Waals surface area (Å²) in [4.78, 5) is 22.4. The number of likely N-dealkylation sites (N-methyl/N-ethyl adjacent to an activating group) is 1. The van der Waals surface area contributed by atoms with Crippen molar-refractivity contribution in [3.63, 3.8) is 0 Å². The van der Waals surface area contributed by atoms with Crippen LogP contribution in [0.15, 0.2) is 42.5 Å². The molecule has 0 unspecified atom stereocenters. The van der Waals surface area contributed by atoms with E-state index < -0.39 is 9.85 Å². The Hall–Kier alpha value is -3.36. The molecule has 0 aromatic heterocycles. The van der Waals surface area contributed by atoms with Crippen molar-refractivity contribution < 1.29 is 19.3 Å². The van der Waals surface area contributed by atoms with Gasteiger partial charge in [0.05, 0.1) is 22.5 Å². The van der Waals surface area contributed by atoms with Crippen molar-refractivity contribution in [2.75, 3.05) is 25.1 Å². The van der Waals surface area contributed by atoms with Gasteiger partial charge in [-0.15, -0.1) is 0 Å². The predicted molar refractivity (Wildman–Crippen MR) is 89.4 cm³/mol. The minimum absolute atomic E-state index is 0.276. The molecular formula is C16H15N3O6. The zero-order valence-corrected chi connectivity index (χ0v) is 13.3. The van der Waals surface area contributed by atoms with Crippen LogP contribution in [-0.4, -0.2) is 36.1 Å². The second-order valence-electron chi connectivity index (χ2n) is 5.57. The average Bonchev–Trinajstić information content (AvgIpc) is 2.60. The standard InChI is InChI=1S/C16H15N3O6/c1-17(9-12-10-24-15-4-2-3-5-16(15)25-12)13-7-6-11(18(20)21)8-14(13)19(22)23/h2-8,12H,9-10H2,1H3/t12-/m1/s1. The number of nitro benzene ring substituents is 2. The van der Waals surface area contributed by atoms with Gasteiger partial charge in [0.25, 0.3) is 11.4 Å². The van der Waals surface area contributed by atoms with Gasteiger partial charge in [0, 0.05) is 13.1 Å². The quantitative estimate of drug-likeness (QED) is 0.605. The first-order chi connectivity index (χ1) is 12.0. The second kappa shape index (κ2) is 6.63. The minimum Gasteiger partial charge on any atom is -0.486 e. The summed E-state index contributed by atoms with van der Waals surface area (Å²) in [5, 5.41) is 22.1. The number of hydrogen-bond acceptors (Lipinski definition) is 7. The lowest BCUT2D eigenvalue weighted by molar-refractivity contribution is -0.393. The smallest absolute Gasteiger partial charge is 0.299 e. The molecule has 9 heteroatoms. The molecule has 3 rings (SSSR count). The largest absolute Gasteiger partial charge is 0.486 e. The Labute approximate surface area is 142 Å². The SMILES string of the molecule is CN(C[C@@H]1COc2ccccc2O1)c1ccc([N+](=O)[O-])cc1[N+](=O)[O-]. The Morgan fingerprint density at radius 1 is 1.12 bits per heavy atom. The maximum atomic E-state index is 11.3. The summed E-state index contributed by atoms with van der Waals surface area (Å²) in [6.07, 6.45) is -0.324. The van der Waals surface area contributed by atoms with Crippen LogP contribution in [0.3, 0.4) is 0 Å². The monoisotopic (exact) mass is 345 g/mol. The van der Waals surface area contributed by atoms with Crippen LogP contribution in [-0.2, 0) is 0 Å². The number of rotatable bonds is 5. The molecule has 0 saturated carbocycles. The fourth-order valence-corrected chi connectivity index (χ4v) is 2.65. The summed E-state index contributed by atoms with van der Waals surface area (Å²) < 4.78 is 11.5. The van der Waals surface area contributed by atoms with Gasteiger partial charge in [0.2, 0.25) is 0 Å². The third-order valence-corrected chi connectivity index (χ3v) is 3.82. The van der Waals surface area contributed by atoms with Crippen LogP contribution in [0.4, 0.5) is 17.1 Å². The van der Waals surface area contributed by atoms with Crippen LogP contribution >= 0.6 is 0 Å².